The molecule has 7 heteroatoms. The van der Waals surface area contributed by atoms with Gasteiger partial charge in [-0.3, -0.25) is 14.5 Å². The van der Waals surface area contributed by atoms with E-state index < -0.39 is 11.5 Å². The first-order chi connectivity index (χ1) is 12.6. The SMILES string of the molecule is O=C(N=C1SCC(=O)N1c1ccccc1)c1cc2ccccc2oc1=O. The summed E-state index contributed by atoms with van der Waals surface area (Å²) in [5.74, 6) is -0.714. The predicted octanol–water partition coefficient (Wildman–Crippen LogP) is 3.07. The van der Waals surface area contributed by atoms with Gasteiger partial charge >= 0.3 is 5.63 Å². The first-order valence-electron chi connectivity index (χ1n) is 7.80. The quantitative estimate of drug-likeness (QED) is 0.653. The van der Waals surface area contributed by atoms with E-state index in [4.69, 9.17) is 4.42 Å². The van der Waals surface area contributed by atoms with Gasteiger partial charge in [0.05, 0.1) is 11.4 Å². The van der Waals surface area contributed by atoms with Crippen LogP contribution in [0.3, 0.4) is 0 Å². The molecular formula is C19H12N2O4S. The molecule has 1 fully saturated rings. The van der Waals surface area contributed by atoms with E-state index in [0.29, 0.717) is 16.7 Å². The van der Waals surface area contributed by atoms with Gasteiger partial charge in [0, 0.05) is 5.39 Å². The van der Waals surface area contributed by atoms with Crippen LogP contribution in [0.2, 0.25) is 0 Å². The first-order valence-corrected chi connectivity index (χ1v) is 8.79. The number of fused-ring (bicyclic) bond motifs is 1. The molecule has 0 unspecified atom stereocenters. The fraction of sp³-hybridized carbons (Fsp3) is 0.0526. The summed E-state index contributed by atoms with van der Waals surface area (Å²) in [4.78, 5) is 42.2. The molecular weight excluding hydrogens is 352 g/mol. The van der Waals surface area contributed by atoms with E-state index >= 15 is 0 Å². The van der Waals surface area contributed by atoms with Crippen molar-refractivity contribution in [3.8, 4) is 0 Å². The summed E-state index contributed by atoms with van der Waals surface area (Å²) in [6.45, 7) is 0. The molecule has 0 radical (unpaired) electrons. The zero-order chi connectivity index (χ0) is 18.1. The van der Waals surface area contributed by atoms with Crippen LogP contribution in [0.1, 0.15) is 10.4 Å². The Hall–Kier alpha value is -3.19. The molecule has 128 valence electrons. The molecule has 2 amide bonds. The lowest BCUT2D eigenvalue weighted by molar-refractivity contribution is -0.115. The molecule has 2 aromatic carbocycles. The van der Waals surface area contributed by atoms with Crippen molar-refractivity contribution in [1.29, 1.82) is 0 Å². The smallest absolute Gasteiger partial charge is 0.349 e. The van der Waals surface area contributed by atoms with Crippen molar-refractivity contribution in [2.24, 2.45) is 4.99 Å². The Morgan fingerprint density at radius 1 is 1.04 bits per heavy atom. The van der Waals surface area contributed by atoms with Crippen LogP contribution in [-0.2, 0) is 4.79 Å². The van der Waals surface area contributed by atoms with Gasteiger partial charge < -0.3 is 4.42 Å². The number of amides is 2. The number of amidine groups is 1. The maximum atomic E-state index is 12.5. The van der Waals surface area contributed by atoms with Crippen LogP contribution in [-0.4, -0.2) is 22.7 Å². The number of thioether (sulfide) groups is 1. The minimum absolute atomic E-state index is 0.163. The third-order valence-corrected chi connectivity index (χ3v) is 4.77. The third-order valence-electron chi connectivity index (χ3n) is 3.85. The molecule has 4 rings (SSSR count). The van der Waals surface area contributed by atoms with Crippen LogP contribution in [0.15, 0.2) is 74.9 Å². The second-order valence-electron chi connectivity index (χ2n) is 5.54. The molecule has 1 aliphatic rings. The molecule has 0 saturated carbocycles. The summed E-state index contributed by atoms with van der Waals surface area (Å²) in [7, 11) is 0. The predicted molar refractivity (Wildman–Crippen MR) is 101 cm³/mol. The van der Waals surface area contributed by atoms with E-state index in [1.165, 1.54) is 11.0 Å². The number of carbonyl (C=O) groups excluding carboxylic acids is 2. The minimum Gasteiger partial charge on any atom is -0.422 e. The molecule has 0 N–H and O–H groups in total. The topological polar surface area (TPSA) is 80.0 Å². The van der Waals surface area contributed by atoms with E-state index in [0.717, 1.165) is 11.8 Å². The van der Waals surface area contributed by atoms with Gasteiger partial charge in [-0.25, -0.2) is 4.79 Å². The highest BCUT2D eigenvalue weighted by Gasteiger charge is 2.30. The summed E-state index contributed by atoms with van der Waals surface area (Å²) in [6, 6.07) is 17.3. The molecule has 1 aromatic heterocycles. The standard InChI is InChI=1S/C19H12N2O4S/c22-16-11-26-19(21(16)13-7-2-1-3-8-13)20-17(23)14-10-12-6-4-5-9-15(12)25-18(14)24/h1-10H,11H2. The second-order valence-corrected chi connectivity index (χ2v) is 6.48. The average Bonchev–Trinajstić information content (AvgIpc) is 3.02. The number of anilines is 1. The van der Waals surface area contributed by atoms with Gasteiger partial charge in [0.25, 0.3) is 5.91 Å². The van der Waals surface area contributed by atoms with E-state index in [2.05, 4.69) is 4.99 Å². The molecule has 6 nitrogen and oxygen atoms in total. The summed E-state index contributed by atoms with van der Waals surface area (Å²) in [6.07, 6.45) is 0. The Morgan fingerprint density at radius 3 is 2.58 bits per heavy atom. The Bertz CT molecular complexity index is 1110. The second kappa shape index (κ2) is 6.61. The lowest BCUT2D eigenvalue weighted by Gasteiger charge is -2.15. The first kappa shape index (κ1) is 16.3. The van der Waals surface area contributed by atoms with E-state index in [1.807, 2.05) is 6.07 Å². The molecule has 0 bridgehead atoms. The van der Waals surface area contributed by atoms with Crippen molar-refractivity contribution in [1.82, 2.24) is 0 Å². The van der Waals surface area contributed by atoms with Gasteiger partial charge in [0.1, 0.15) is 11.1 Å². The maximum absolute atomic E-state index is 12.5. The van der Waals surface area contributed by atoms with Crippen molar-refractivity contribution in [3.05, 3.63) is 76.6 Å². The van der Waals surface area contributed by atoms with Crippen molar-refractivity contribution >= 4 is 45.4 Å². The van der Waals surface area contributed by atoms with Crippen LogP contribution in [0.4, 0.5) is 5.69 Å². The third kappa shape index (κ3) is 2.93. The molecule has 1 saturated heterocycles. The minimum atomic E-state index is -0.751. The number of aliphatic imine (C=N–C) groups is 1. The Kier molecular flexibility index (Phi) is 4.14. The lowest BCUT2D eigenvalue weighted by Crippen LogP contribution is -2.30. The fourth-order valence-electron chi connectivity index (χ4n) is 2.63. The van der Waals surface area contributed by atoms with Crippen molar-refractivity contribution < 1.29 is 14.0 Å². The monoisotopic (exact) mass is 364 g/mol. The van der Waals surface area contributed by atoms with Crippen molar-refractivity contribution in [2.45, 2.75) is 0 Å². The highest BCUT2D eigenvalue weighted by molar-refractivity contribution is 8.15. The van der Waals surface area contributed by atoms with Crippen LogP contribution in [0.5, 0.6) is 0 Å². The summed E-state index contributed by atoms with van der Waals surface area (Å²) in [5.41, 5.74) is 0.112. The summed E-state index contributed by atoms with van der Waals surface area (Å²) >= 11 is 1.16. The fourth-order valence-corrected chi connectivity index (χ4v) is 3.50. The number of nitrogens with zero attached hydrogens (tertiary/aromatic N) is 2. The van der Waals surface area contributed by atoms with Crippen LogP contribution in [0, 0.1) is 0 Å². The summed E-state index contributed by atoms with van der Waals surface area (Å²) in [5, 5.41) is 0.879. The van der Waals surface area contributed by atoms with E-state index in [9.17, 15) is 14.4 Å². The van der Waals surface area contributed by atoms with Crippen molar-refractivity contribution in [2.75, 3.05) is 10.7 Å². The largest absolute Gasteiger partial charge is 0.422 e. The van der Waals surface area contributed by atoms with Gasteiger partial charge in [-0.2, -0.15) is 4.99 Å². The average molecular weight is 364 g/mol. The van der Waals surface area contributed by atoms with Gasteiger partial charge in [-0.15, -0.1) is 0 Å². The molecule has 0 aliphatic carbocycles. The number of rotatable bonds is 2. The van der Waals surface area contributed by atoms with Gasteiger partial charge in [0.2, 0.25) is 5.91 Å². The normalized spacial score (nSPS) is 15.8. The molecule has 3 aromatic rings. The van der Waals surface area contributed by atoms with Crippen LogP contribution >= 0.6 is 11.8 Å². The zero-order valence-corrected chi connectivity index (χ0v) is 14.2. The van der Waals surface area contributed by atoms with E-state index in [-0.39, 0.29) is 22.4 Å². The maximum Gasteiger partial charge on any atom is 0.349 e. The molecule has 0 atom stereocenters. The number of benzene rings is 2. The number of carbonyl (C=O) groups is 2. The van der Waals surface area contributed by atoms with Gasteiger partial charge in [-0.1, -0.05) is 48.2 Å². The molecule has 2 heterocycles. The van der Waals surface area contributed by atoms with Gasteiger partial charge in [-0.05, 0) is 24.3 Å². The van der Waals surface area contributed by atoms with Crippen LogP contribution < -0.4 is 10.5 Å². The highest BCUT2D eigenvalue weighted by atomic mass is 32.2. The number of para-hydroxylation sites is 2. The highest BCUT2D eigenvalue weighted by Crippen LogP contribution is 2.26. The number of hydrogen-bond donors (Lipinski definition) is 0. The Labute approximate surface area is 152 Å². The lowest BCUT2D eigenvalue weighted by atomic mass is 10.2. The van der Waals surface area contributed by atoms with Crippen LogP contribution in [0.25, 0.3) is 11.0 Å². The zero-order valence-electron chi connectivity index (χ0n) is 13.4. The Balaban J connectivity index is 1.74. The van der Waals surface area contributed by atoms with Crippen molar-refractivity contribution in [3.63, 3.8) is 0 Å². The number of hydrogen-bond acceptors (Lipinski definition) is 5. The van der Waals surface area contributed by atoms with Gasteiger partial charge in [0.15, 0.2) is 5.17 Å². The Morgan fingerprint density at radius 2 is 1.77 bits per heavy atom. The molecule has 1 aliphatic heterocycles. The summed E-state index contributed by atoms with van der Waals surface area (Å²) < 4.78 is 5.18. The van der Waals surface area contributed by atoms with E-state index in [1.54, 1.807) is 48.5 Å². The molecule has 0 spiro atoms. The molecule has 26 heavy (non-hydrogen) atoms.